The molecule has 19 heavy (non-hydrogen) atoms. The number of carbonyl (C=O) groups is 1. The third kappa shape index (κ3) is 5.41. The highest BCUT2D eigenvalue weighted by atomic mass is 32.2. The van der Waals surface area contributed by atoms with Crippen LogP contribution < -0.4 is 15.8 Å². The van der Waals surface area contributed by atoms with Crippen LogP contribution in [0.3, 0.4) is 0 Å². The van der Waals surface area contributed by atoms with E-state index in [1.807, 2.05) is 0 Å². The van der Waals surface area contributed by atoms with Crippen molar-refractivity contribution in [1.82, 2.24) is 14.3 Å². The molecule has 0 aromatic rings. The molecule has 0 aromatic carbocycles. The van der Waals surface area contributed by atoms with Gasteiger partial charge in [-0.2, -0.15) is 17.4 Å². The first-order chi connectivity index (χ1) is 8.97. The highest BCUT2D eigenvalue weighted by Crippen LogP contribution is 2.14. The Kier molecular flexibility index (Phi) is 6.66. The minimum atomic E-state index is -3.71. The van der Waals surface area contributed by atoms with Crippen molar-refractivity contribution in [3.8, 4) is 0 Å². The minimum Gasteiger partial charge on any atom is -0.383 e. The summed E-state index contributed by atoms with van der Waals surface area (Å²) in [5.74, 6) is -0.657. The van der Waals surface area contributed by atoms with Crippen LogP contribution in [0.2, 0.25) is 0 Å². The van der Waals surface area contributed by atoms with Gasteiger partial charge in [-0.25, -0.2) is 0 Å². The summed E-state index contributed by atoms with van der Waals surface area (Å²) in [5.41, 5.74) is 5.14. The van der Waals surface area contributed by atoms with E-state index in [1.54, 1.807) is 0 Å². The van der Waals surface area contributed by atoms with E-state index in [9.17, 15) is 13.2 Å². The number of ether oxygens (including phenoxy) is 1. The molecule has 1 aliphatic rings. The van der Waals surface area contributed by atoms with Crippen LogP contribution in [-0.2, 0) is 19.7 Å². The van der Waals surface area contributed by atoms with E-state index in [2.05, 4.69) is 10.0 Å². The number of methoxy groups -OCH3 is 1. The number of rotatable bonds is 8. The van der Waals surface area contributed by atoms with Gasteiger partial charge in [-0.1, -0.05) is 0 Å². The molecule has 1 amide bonds. The summed E-state index contributed by atoms with van der Waals surface area (Å²) in [6.45, 7) is 1.60. The second kappa shape index (κ2) is 7.75. The lowest BCUT2D eigenvalue weighted by molar-refractivity contribution is -0.118. The van der Waals surface area contributed by atoms with Crippen molar-refractivity contribution in [2.75, 3.05) is 39.9 Å². The molecular weight excluding hydrogens is 272 g/mol. The zero-order chi connectivity index (χ0) is 14.3. The van der Waals surface area contributed by atoms with E-state index >= 15 is 0 Å². The van der Waals surface area contributed by atoms with Crippen LogP contribution in [0.25, 0.3) is 0 Å². The maximum absolute atomic E-state index is 12.2. The third-order valence-electron chi connectivity index (χ3n) is 2.93. The molecule has 0 aliphatic carbocycles. The quantitative estimate of drug-likeness (QED) is 0.448. The Hall–Kier alpha value is -0.740. The molecule has 0 aromatic heterocycles. The molecule has 0 bridgehead atoms. The Balaban J connectivity index is 2.73. The van der Waals surface area contributed by atoms with Crippen molar-refractivity contribution >= 4 is 16.1 Å². The zero-order valence-corrected chi connectivity index (χ0v) is 11.9. The van der Waals surface area contributed by atoms with Gasteiger partial charge in [0, 0.05) is 19.7 Å². The minimum absolute atomic E-state index is 0.166. The summed E-state index contributed by atoms with van der Waals surface area (Å²) in [7, 11) is -2.23. The molecule has 0 atom stereocenters. The van der Waals surface area contributed by atoms with Gasteiger partial charge in [-0.15, -0.1) is 0 Å². The van der Waals surface area contributed by atoms with Crippen LogP contribution >= 0.6 is 0 Å². The number of piperidine rings is 1. The number of primary amides is 1. The van der Waals surface area contributed by atoms with Crippen molar-refractivity contribution in [3.63, 3.8) is 0 Å². The summed E-state index contributed by atoms with van der Waals surface area (Å²) in [6.07, 6.45) is 1.33. The summed E-state index contributed by atoms with van der Waals surface area (Å²) >= 11 is 0. The molecule has 1 heterocycles. The summed E-state index contributed by atoms with van der Waals surface area (Å²) in [4.78, 5) is 11.1. The van der Waals surface area contributed by atoms with E-state index in [4.69, 9.17) is 10.5 Å². The molecule has 0 radical (unpaired) electrons. The first-order valence-corrected chi connectivity index (χ1v) is 7.65. The second-order valence-electron chi connectivity index (χ2n) is 4.38. The predicted molar refractivity (Wildman–Crippen MR) is 70.6 cm³/mol. The van der Waals surface area contributed by atoms with Crippen molar-refractivity contribution in [1.29, 1.82) is 0 Å². The van der Waals surface area contributed by atoms with Gasteiger partial charge in [0.25, 0.3) is 10.2 Å². The van der Waals surface area contributed by atoms with E-state index < -0.39 is 16.1 Å². The highest BCUT2D eigenvalue weighted by molar-refractivity contribution is 7.87. The Bertz CT molecular complexity index is 381. The molecule has 112 valence electrons. The lowest BCUT2D eigenvalue weighted by atomic mass is 10.1. The number of nitrogens with two attached hydrogens (primary N) is 1. The molecule has 0 unspecified atom stereocenters. The molecule has 0 saturated carbocycles. The predicted octanol–water partition coefficient (Wildman–Crippen LogP) is -1.99. The average Bonchev–Trinajstić information content (AvgIpc) is 2.37. The van der Waals surface area contributed by atoms with Gasteiger partial charge >= 0.3 is 0 Å². The number of hydrogen-bond donors (Lipinski definition) is 3. The van der Waals surface area contributed by atoms with Gasteiger partial charge in [-0.05, 0) is 25.9 Å². The maximum Gasteiger partial charge on any atom is 0.280 e. The molecule has 1 saturated heterocycles. The number of carbonyl (C=O) groups excluding carboxylic acids is 1. The van der Waals surface area contributed by atoms with Crippen LogP contribution in [0.15, 0.2) is 0 Å². The second-order valence-corrected chi connectivity index (χ2v) is 6.09. The van der Waals surface area contributed by atoms with Gasteiger partial charge in [0.2, 0.25) is 5.91 Å². The van der Waals surface area contributed by atoms with Gasteiger partial charge in [-0.3, -0.25) is 4.79 Å². The SMILES string of the molecule is COCCNS(=O)(=O)N(CC(N)=O)C1CCNCC1. The normalized spacial score (nSPS) is 17.8. The first kappa shape index (κ1) is 16.3. The van der Waals surface area contributed by atoms with Crippen LogP contribution in [-0.4, -0.2) is 64.6 Å². The van der Waals surface area contributed by atoms with E-state index in [0.29, 0.717) is 12.8 Å². The van der Waals surface area contributed by atoms with Gasteiger partial charge < -0.3 is 15.8 Å². The zero-order valence-electron chi connectivity index (χ0n) is 11.1. The molecule has 1 aliphatic heterocycles. The first-order valence-electron chi connectivity index (χ1n) is 6.21. The summed E-state index contributed by atoms with van der Waals surface area (Å²) < 4.78 is 32.7. The Morgan fingerprint density at radius 2 is 2.11 bits per heavy atom. The van der Waals surface area contributed by atoms with Crippen LogP contribution in [0.1, 0.15) is 12.8 Å². The molecule has 9 heteroatoms. The van der Waals surface area contributed by atoms with E-state index in [1.165, 1.54) is 7.11 Å². The summed E-state index contributed by atoms with van der Waals surface area (Å²) in [5, 5.41) is 3.15. The van der Waals surface area contributed by atoms with Gasteiger partial charge in [0.15, 0.2) is 0 Å². The standard InChI is InChI=1S/C10H22N4O4S/c1-18-7-6-13-19(16,17)14(8-10(11)15)9-2-4-12-5-3-9/h9,12-13H,2-8H2,1H3,(H2,11,15). The van der Waals surface area contributed by atoms with Crippen molar-refractivity contribution in [3.05, 3.63) is 0 Å². The van der Waals surface area contributed by atoms with E-state index in [-0.39, 0.29) is 25.7 Å². The molecule has 1 rings (SSSR count). The van der Waals surface area contributed by atoms with Crippen LogP contribution in [0, 0.1) is 0 Å². The molecular formula is C10H22N4O4S. The fraction of sp³-hybridized carbons (Fsp3) is 0.900. The lowest BCUT2D eigenvalue weighted by Crippen LogP contribution is -2.53. The Morgan fingerprint density at radius 3 is 2.63 bits per heavy atom. The van der Waals surface area contributed by atoms with Crippen LogP contribution in [0.4, 0.5) is 0 Å². The molecule has 8 nitrogen and oxygen atoms in total. The Morgan fingerprint density at radius 1 is 1.47 bits per heavy atom. The smallest absolute Gasteiger partial charge is 0.280 e. The number of nitrogens with zero attached hydrogens (tertiary/aromatic N) is 1. The molecule has 0 spiro atoms. The van der Waals surface area contributed by atoms with Gasteiger partial charge in [0.05, 0.1) is 13.2 Å². The number of nitrogens with one attached hydrogen (secondary N) is 2. The molecule has 1 fully saturated rings. The van der Waals surface area contributed by atoms with Gasteiger partial charge in [0.1, 0.15) is 0 Å². The van der Waals surface area contributed by atoms with Crippen molar-refractivity contribution in [2.24, 2.45) is 5.73 Å². The molecule has 4 N–H and O–H groups in total. The van der Waals surface area contributed by atoms with E-state index in [0.717, 1.165) is 17.4 Å². The van der Waals surface area contributed by atoms with Crippen molar-refractivity contribution < 1.29 is 17.9 Å². The maximum atomic E-state index is 12.2. The van der Waals surface area contributed by atoms with Crippen LogP contribution in [0.5, 0.6) is 0 Å². The number of hydrogen-bond acceptors (Lipinski definition) is 5. The third-order valence-corrected chi connectivity index (χ3v) is 4.54. The fourth-order valence-electron chi connectivity index (χ4n) is 2.01. The summed E-state index contributed by atoms with van der Waals surface area (Å²) in [6, 6.07) is -0.200. The highest BCUT2D eigenvalue weighted by Gasteiger charge is 2.31. The monoisotopic (exact) mass is 294 g/mol. The fourth-order valence-corrected chi connectivity index (χ4v) is 3.42. The Labute approximate surface area is 113 Å². The lowest BCUT2D eigenvalue weighted by Gasteiger charge is -2.32. The topological polar surface area (TPSA) is 114 Å². The largest absolute Gasteiger partial charge is 0.383 e. The average molecular weight is 294 g/mol. The van der Waals surface area contributed by atoms with Crippen molar-refractivity contribution in [2.45, 2.75) is 18.9 Å². The number of amides is 1.